The van der Waals surface area contributed by atoms with Crippen LogP contribution < -0.4 is 0 Å². The number of rotatable bonds is 5. The standard InChI is InChI=1S/C20H19N5OS/c1-13-8-10-16(11-9-13)19-23-22-18(26-19)15(3)27-20-24-21-12-25(20)17-7-5-4-6-14(17)2/h4-12,15H,1-3H3. The average Bonchev–Trinajstić information content (AvgIpc) is 3.32. The highest BCUT2D eigenvalue weighted by Gasteiger charge is 2.20. The Hall–Kier alpha value is -2.93. The van der Waals surface area contributed by atoms with Crippen molar-refractivity contribution < 1.29 is 4.42 Å². The first-order chi connectivity index (χ1) is 13.1. The first kappa shape index (κ1) is 17.5. The van der Waals surface area contributed by atoms with E-state index in [4.69, 9.17) is 4.42 Å². The van der Waals surface area contributed by atoms with Crippen molar-refractivity contribution >= 4 is 11.8 Å². The molecule has 0 aliphatic rings. The van der Waals surface area contributed by atoms with Gasteiger partial charge in [-0.3, -0.25) is 4.57 Å². The highest BCUT2D eigenvalue weighted by atomic mass is 32.2. The first-order valence-electron chi connectivity index (χ1n) is 8.65. The molecular formula is C20H19N5OS. The summed E-state index contributed by atoms with van der Waals surface area (Å²) in [6.07, 6.45) is 1.73. The molecule has 1 unspecified atom stereocenters. The molecule has 27 heavy (non-hydrogen) atoms. The van der Waals surface area contributed by atoms with Crippen LogP contribution >= 0.6 is 11.8 Å². The summed E-state index contributed by atoms with van der Waals surface area (Å²) in [5.41, 5.74) is 4.33. The molecule has 0 bridgehead atoms. The highest BCUT2D eigenvalue weighted by molar-refractivity contribution is 7.99. The molecule has 0 radical (unpaired) electrons. The van der Waals surface area contributed by atoms with Gasteiger partial charge in [0.05, 0.1) is 10.9 Å². The molecule has 2 aromatic carbocycles. The Morgan fingerprint density at radius 1 is 0.963 bits per heavy atom. The molecule has 4 aromatic rings. The topological polar surface area (TPSA) is 69.6 Å². The molecule has 0 aliphatic heterocycles. The molecule has 0 aliphatic carbocycles. The number of hydrogen-bond donors (Lipinski definition) is 0. The van der Waals surface area contributed by atoms with Crippen molar-refractivity contribution in [2.75, 3.05) is 0 Å². The molecule has 0 saturated carbocycles. The fourth-order valence-corrected chi connectivity index (χ4v) is 3.59. The zero-order valence-electron chi connectivity index (χ0n) is 15.3. The summed E-state index contributed by atoms with van der Waals surface area (Å²) < 4.78 is 7.87. The van der Waals surface area contributed by atoms with E-state index in [2.05, 4.69) is 39.5 Å². The van der Waals surface area contributed by atoms with Crippen LogP contribution in [0.5, 0.6) is 0 Å². The number of para-hydroxylation sites is 1. The van der Waals surface area contributed by atoms with Gasteiger partial charge in [0, 0.05) is 5.56 Å². The number of hydrogen-bond acceptors (Lipinski definition) is 6. The Balaban J connectivity index is 1.56. The molecule has 2 heterocycles. The zero-order valence-corrected chi connectivity index (χ0v) is 16.1. The third-order valence-electron chi connectivity index (χ3n) is 4.26. The summed E-state index contributed by atoms with van der Waals surface area (Å²) in [7, 11) is 0. The van der Waals surface area contributed by atoms with E-state index >= 15 is 0 Å². The van der Waals surface area contributed by atoms with Gasteiger partial charge in [0.2, 0.25) is 11.8 Å². The monoisotopic (exact) mass is 377 g/mol. The van der Waals surface area contributed by atoms with E-state index in [1.165, 1.54) is 17.3 Å². The molecule has 136 valence electrons. The van der Waals surface area contributed by atoms with Gasteiger partial charge in [-0.2, -0.15) is 0 Å². The van der Waals surface area contributed by atoms with E-state index in [0.29, 0.717) is 11.8 Å². The zero-order chi connectivity index (χ0) is 18.8. The lowest BCUT2D eigenvalue weighted by Gasteiger charge is -2.10. The lowest BCUT2D eigenvalue weighted by molar-refractivity contribution is 0.509. The second-order valence-electron chi connectivity index (χ2n) is 6.34. The molecule has 6 nitrogen and oxygen atoms in total. The van der Waals surface area contributed by atoms with Crippen molar-refractivity contribution in [1.82, 2.24) is 25.0 Å². The Morgan fingerprint density at radius 2 is 1.74 bits per heavy atom. The number of aryl methyl sites for hydroxylation is 2. The summed E-state index contributed by atoms with van der Waals surface area (Å²) in [6.45, 7) is 6.14. The van der Waals surface area contributed by atoms with Crippen LogP contribution in [0.15, 0.2) is 64.4 Å². The van der Waals surface area contributed by atoms with E-state index in [1.807, 2.05) is 54.8 Å². The third kappa shape index (κ3) is 3.64. The minimum atomic E-state index is -0.0522. The van der Waals surface area contributed by atoms with Crippen molar-refractivity contribution in [1.29, 1.82) is 0 Å². The van der Waals surface area contributed by atoms with Crippen molar-refractivity contribution in [3.63, 3.8) is 0 Å². The lowest BCUT2D eigenvalue weighted by Crippen LogP contribution is -1.99. The first-order valence-corrected chi connectivity index (χ1v) is 9.53. The molecule has 0 N–H and O–H groups in total. The van der Waals surface area contributed by atoms with Gasteiger partial charge in [0.25, 0.3) is 0 Å². The maximum atomic E-state index is 5.89. The van der Waals surface area contributed by atoms with Crippen LogP contribution in [-0.4, -0.2) is 25.0 Å². The van der Waals surface area contributed by atoms with Gasteiger partial charge in [-0.05, 0) is 44.5 Å². The molecule has 4 rings (SSSR count). The fourth-order valence-electron chi connectivity index (χ4n) is 2.72. The Morgan fingerprint density at radius 3 is 2.52 bits per heavy atom. The predicted octanol–water partition coefficient (Wildman–Crippen LogP) is 4.79. The largest absolute Gasteiger partial charge is 0.419 e. The van der Waals surface area contributed by atoms with Crippen molar-refractivity contribution in [3.8, 4) is 17.1 Å². The summed E-state index contributed by atoms with van der Waals surface area (Å²) in [5.74, 6) is 1.09. The Labute approximate surface area is 161 Å². The van der Waals surface area contributed by atoms with Gasteiger partial charge in [-0.25, -0.2) is 0 Å². The van der Waals surface area contributed by atoms with Crippen LogP contribution in [0, 0.1) is 13.8 Å². The smallest absolute Gasteiger partial charge is 0.247 e. The molecule has 1 atom stereocenters. The van der Waals surface area contributed by atoms with Crippen LogP contribution in [0.2, 0.25) is 0 Å². The number of benzene rings is 2. The molecule has 2 aromatic heterocycles. The Bertz CT molecular complexity index is 1050. The van der Waals surface area contributed by atoms with Crippen molar-refractivity contribution in [2.45, 2.75) is 31.2 Å². The third-order valence-corrected chi connectivity index (χ3v) is 5.30. The average molecular weight is 377 g/mol. The maximum Gasteiger partial charge on any atom is 0.247 e. The number of nitrogens with zero attached hydrogens (tertiary/aromatic N) is 5. The molecule has 0 saturated heterocycles. The summed E-state index contributed by atoms with van der Waals surface area (Å²) in [5, 5.41) is 17.5. The highest BCUT2D eigenvalue weighted by Crippen LogP contribution is 2.35. The molecule has 0 spiro atoms. The maximum absolute atomic E-state index is 5.89. The van der Waals surface area contributed by atoms with Gasteiger partial charge in [0.15, 0.2) is 5.16 Å². The van der Waals surface area contributed by atoms with Gasteiger partial charge >= 0.3 is 0 Å². The quantitative estimate of drug-likeness (QED) is 0.466. The minimum absolute atomic E-state index is 0.0522. The summed E-state index contributed by atoms with van der Waals surface area (Å²) >= 11 is 1.54. The van der Waals surface area contributed by atoms with E-state index in [1.54, 1.807) is 6.33 Å². The van der Waals surface area contributed by atoms with Gasteiger partial charge in [0.1, 0.15) is 6.33 Å². The summed E-state index contributed by atoms with van der Waals surface area (Å²) in [4.78, 5) is 0. The van der Waals surface area contributed by atoms with Crippen molar-refractivity contribution in [3.05, 3.63) is 71.9 Å². The van der Waals surface area contributed by atoms with E-state index in [-0.39, 0.29) is 5.25 Å². The van der Waals surface area contributed by atoms with Gasteiger partial charge in [-0.15, -0.1) is 20.4 Å². The van der Waals surface area contributed by atoms with E-state index in [9.17, 15) is 0 Å². The van der Waals surface area contributed by atoms with Crippen LogP contribution in [0.4, 0.5) is 0 Å². The fraction of sp³-hybridized carbons (Fsp3) is 0.200. The van der Waals surface area contributed by atoms with Crippen LogP contribution in [0.1, 0.15) is 29.2 Å². The number of aromatic nitrogens is 5. The predicted molar refractivity (Wildman–Crippen MR) is 105 cm³/mol. The summed E-state index contributed by atoms with van der Waals surface area (Å²) in [6, 6.07) is 16.2. The van der Waals surface area contributed by atoms with Gasteiger partial charge in [-0.1, -0.05) is 47.7 Å². The van der Waals surface area contributed by atoms with Crippen molar-refractivity contribution in [2.24, 2.45) is 0 Å². The second kappa shape index (κ2) is 7.36. The SMILES string of the molecule is Cc1ccc(-c2nnc(C(C)Sc3nncn3-c3ccccc3C)o2)cc1. The molecule has 7 heteroatoms. The van der Waals surface area contributed by atoms with E-state index in [0.717, 1.165) is 22.0 Å². The van der Waals surface area contributed by atoms with Crippen LogP contribution in [-0.2, 0) is 0 Å². The molecule has 0 amide bonds. The van der Waals surface area contributed by atoms with Crippen LogP contribution in [0.25, 0.3) is 17.1 Å². The van der Waals surface area contributed by atoms with Gasteiger partial charge < -0.3 is 4.42 Å². The molecule has 0 fully saturated rings. The normalized spacial score (nSPS) is 12.3. The number of thioether (sulfide) groups is 1. The lowest BCUT2D eigenvalue weighted by atomic mass is 10.1. The Kier molecular flexibility index (Phi) is 4.77. The minimum Gasteiger partial charge on any atom is -0.419 e. The second-order valence-corrected chi connectivity index (χ2v) is 7.65. The molecular weight excluding hydrogens is 358 g/mol. The van der Waals surface area contributed by atoms with E-state index < -0.39 is 0 Å². The van der Waals surface area contributed by atoms with Crippen LogP contribution in [0.3, 0.4) is 0 Å².